The Morgan fingerprint density at radius 2 is 2.13 bits per heavy atom. The smallest absolute Gasteiger partial charge is 0.255 e. The number of hydrogen-bond acceptors (Lipinski definition) is 5. The Kier molecular flexibility index (Phi) is 4.76. The molecule has 0 atom stereocenters. The molecular weight excluding hydrogens is 314 g/mol. The van der Waals surface area contributed by atoms with Gasteiger partial charge in [-0.15, -0.1) is 0 Å². The van der Waals surface area contributed by atoms with Gasteiger partial charge in [0.25, 0.3) is 5.91 Å². The highest BCUT2D eigenvalue weighted by Gasteiger charge is 2.19. The second-order valence-corrected chi connectivity index (χ2v) is 5.70. The van der Waals surface area contributed by atoms with Crippen molar-refractivity contribution < 1.29 is 14.3 Å². The maximum atomic E-state index is 12.3. The summed E-state index contributed by atoms with van der Waals surface area (Å²) in [4.78, 5) is 12.3. The Labute approximate surface area is 140 Å². The minimum atomic E-state index is -0.158. The molecular formula is C16H19N3O3S. The van der Waals surface area contributed by atoms with Gasteiger partial charge in [-0.3, -0.25) is 9.48 Å². The molecule has 3 rings (SSSR count). The Bertz CT molecular complexity index is 715. The van der Waals surface area contributed by atoms with E-state index < -0.39 is 0 Å². The third-order valence-electron chi connectivity index (χ3n) is 3.49. The van der Waals surface area contributed by atoms with Gasteiger partial charge in [-0.2, -0.15) is 17.7 Å². The fourth-order valence-corrected chi connectivity index (χ4v) is 2.55. The minimum absolute atomic E-state index is 0.158. The quantitative estimate of drug-likeness (QED) is 0.839. The number of thiol groups is 1. The van der Waals surface area contributed by atoms with E-state index in [1.807, 2.05) is 18.2 Å². The van der Waals surface area contributed by atoms with E-state index in [1.54, 1.807) is 17.9 Å². The van der Waals surface area contributed by atoms with E-state index in [0.29, 0.717) is 42.5 Å². The summed E-state index contributed by atoms with van der Waals surface area (Å²) < 4.78 is 13.0. The number of hydrogen-bond donors (Lipinski definition) is 2. The molecule has 23 heavy (non-hydrogen) atoms. The third-order valence-corrected chi connectivity index (χ3v) is 3.72. The van der Waals surface area contributed by atoms with Crippen LogP contribution in [0.2, 0.25) is 0 Å². The molecule has 7 heteroatoms. The van der Waals surface area contributed by atoms with Crippen LogP contribution in [-0.2, 0) is 7.05 Å². The molecule has 0 saturated carbocycles. The molecule has 1 aromatic carbocycles. The standard InChI is InChI=1S/C16H19N3O3S/c1-19-10-12(16(20)17-5-8-23)15(18-19)11-3-4-13-14(9-11)22-7-2-6-21-13/h3-4,9-10,23H,2,5-8H2,1H3,(H,17,20). The number of nitrogens with zero attached hydrogens (tertiary/aromatic N) is 2. The van der Waals surface area contributed by atoms with Crippen molar-refractivity contribution in [3.05, 3.63) is 30.0 Å². The molecule has 1 aliphatic heterocycles. The summed E-state index contributed by atoms with van der Waals surface area (Å²) in [5, 5.41) is 7.24. The van der Waals surface area contributed by atoms with Crippen molar-refractivity contribution in [1.82, 2.24) is 15.1 Å². The van der Waals surface area contributed by atoms with Gasteiger partial charge >= 0.3 is 0 Å². The maximum absolute atomic E-state index is 12.3. The number of carbonyl (C=O) groups is 1. The molecule has 1 aromatic heterocycles. The van der Waals surface area contributed by atoms with Crippen molar-refractivity contribution in [1.29, 1.82) is 0 Å². The number of fused-ring (bicyclic) bond motifs is 1. The Balaban J connectivity index is 1.95. The SMILES string of the molecule is Cn1cc(C(=O)NCCS)c(-c2ccc3c(c2)OCCCO3)n1. The first-order valence-electron chi connectivity index (χ1n) is 7.52. The van der Waals surface area contributed by atoms with Crippen molar-refractivity contribution in [3.8, 4) is 22.8 Å². The van der Waals surface area contributed by atoms with Crippen LogP contribution in [0.15, 0.2) is 24.4 Å². The van der Waals surface area contributed by atoms with Crippen molar-refractivity contribution in [2.45, 2.75) is 6.42 Å². The fourth-order valence-electron chi connectivity index (χ4n) is 2.44. The van der Waals surface area contributed by atoms with E-state index in [9.17, 15) is 4.79 Å². The molecule has 2 heterocycles. The number of amides is 1. The van der Waals surface area contributed by atoms with Gasteiger partial charge in [-0.1, -0.05) is 0 Å². The highest BCUT2D eigenvalue weighted by molar-refractivity contribution is 7.80. The van der Waals surface area contributed by atoms with Crippen LogP contribution in [0.3, 0.4) is 0 Å². The van der Waals surface area contributed by atoms with Gasteiger partial charge in [-0.05, 0) is 18.2 Å². The van der Waals surface area contributed by atoms with Crippen molar-refractivity contribution >= 4 is 18.5 Å². The average Bonchev–Trinajstić information content (AvgIpc) is 2.80. The molecule has 0 saturated heterocycles. The highest BCUT2D eigenvalue weighted by Crippen LogP contribution is 2.34. The summed E-state index contributed by atoms with van der Waals surface area (Å²) >= 11 is 4.11. The first-order chi connectivity index (χ1) is 11.2. The lowest BCUT2D eigenvalue weighted by atomic mass is 10.1. The first-order valence-corrected chi connectivity index (χ1v) is 8.15. The van der Waals surface area contributed by atoms with Crippen molar-refractivity contribution in [2.75, 3.05) is 25.5 Å². The van der Waals surface area contributed by atoms with E-state index in [2.05, 4.69) is 23.0 Å². The second kappa shape index (κ2) is 6.95. The molecule has 0 unspecified atom stereocenters. The van der Waals surface area contributed by atoms with Gasteiger partial charge in [0.05, 0.1) is 18.8 Å². The van der Waals surface area contributed by atoms with Crippen LogP contribution in [0.25, 0.3) is 11.3 Å². The normalized spacial score (nSPS) is 13.5. The lowest BCUT2D eigenvalue weighted by Gasteiger charge is -2.09. The van der Waals surface area contributed by atoms with Crippen LogP contribution in [0.1, 0.15) is 16.8 Å². The van der Waals surface area contributed by atoms with Crippen LogP contribution in [0.4, 0.5) is 0 Å². The molecule has 0 fully saturated rings. The van der Waals surface area contributed by atoms with Gasteiger partial charge in [0.15, 0.2) is 11.5 Å². The average molecular weight is 333 g/mol. The van der Waals surface area contributed by atoms with E-state index >= 15 is 0 Å². The van der Waals surface area contributed by atoms with E-state index in [4.69, 9.17) is 9.47 Å². The molecule has 6 nitrogen and oxygen atoms in total. The molecule has 1 aliphatic rings. The van der Waals surface area contributed by atoms with Crippen molar-refractivity contribution in [2.24, 2.45) is 7.05 Å². The zero-order valence-corrected chi connectivity index (χ0v) is 13.8. The maximum Gasteiger partial charge on any atom is 0.255 e. The third kappa shape index (κ3) is 3.44. The van der Waals surface area contributed by atoms with Crippen LogP contribution in [-0.4, -0.2) is 41.2 Å². The van der Waals surface area contributed by atoms with E-state index in [-0.39, 0.29) is 5.91 Å². The van der Waals surface area contributed by atoms with Crippen molar-refractivity contribution in [3.63, 3.8) is 0 Å². The van der Waals surface area contributed by atoms with Crippen LogP contribution in [0.5, 0.6) is 11.5 Å². The molecule has 0 radical (unpaired) electrons. The summed E-state index contributed by atoms with van der Waals surface area (Å²) in [6.07, 6.45) is 2.57. The van der Waals surface area contributed by atoms with Crippen LogP contribution in [0, 0.1) is 0 Å². The zero-order chi connectivity index (χ0) is 16.2. The summed E-state index contributed by atoms with van der Waals surface area (Å²) in [6, 6.07) is 5.63. The zero-order valence-electron chi connectivity index (χ0n) is 12.9. The summed E-state index contributed by atoms with van der Waals surface area (Å²) in [5.74, 6) is 1.84. The summed E-state index contributed by atoms with van der Waals surface area (Å²) in [5.41, 5.74) is 1.98. The lowest BCUT2D eigenvalue weighted by Crippen LogP contribution is -2.25. The van der Waals surface area contributed by atoms with Gasteiger partial charge in [0, 0.05) is 37.5 Å². The first kappa shape index (κ1) is 15.7. The molecule has 0 aliphatic carbocycles. The topological polar surface area (TPSA) is 65.4 Å². The van der Waals surface area contributed by atoms with Crippen LogP contribution >= 0.6 is 12.6 Å². The van der Waals surface area contributed by atoms with Gasteiger partial charge in [0.1, 0.15) is 5.69 Å². The fraction of sp³-hybridized carbons (Fsp3) is 0.375. The Hall–Kier alpha value is -2.15. The predicted molar refractivity (Wildman–Crippen MR) is 90.4 cm³/mol. The monoisotopic (exact) mass is 333 g/mol. The second-order valence-electron chi connectivity index (χ2n) is 5.26. The largest absolute Gasteiger partial charge is 0.490 e. The molecule has 0 spiro atoms. The van der Waals surface area contributed by atoms with E-state index in [1.165, 1.54) is 0 Å². The number of benzene rings is 1. The highest BCUT2D eigenvalue weighted by atomic mass is 32.1. The van der Waals surface area contributed by atoms with E-state index in [0.717, 1.165) is 17.7 Å². The molecule has 1 amide bonds. The lowest BCUT2D eigenvalue weighted by molar-refractivity contribution is 0.0956. The number of aromatic nitrogens is 2. The van der Waals surface area contributed by atoms with Gasteiger partial charge in [-0.25, -0.2) is 0 Å². The number of nitrogens with one attached hydrogen (secondary N) is 1. The molecule has 122 valence electrons. The predicted octanol–water partition coefficient (Wildman–Crippen LogP) is 1.91. The van der Waals surface area contributed by atoms with Crippen LogP contribution < -0.4 is 14.8 Å². The summed E-state index contributed by atoms with van der Waals surface area (Å²) in [7, 11) is 1.79. The summed E-state index contributed by atoms with van der Waals surface area (Å²) in [6.45, 7) is 1.78. The van der Waals surface area contributed by atoms with Gasteiger partial charge in [0.2, 0.25) is 0 Å². The minimum Gasteiger partial charge on any atom is -0.490 e. The Morgan fingerprint density at radius 1 is 1.35 bits per heavy atom. The number of rotatable bonds is 4. The van der Waals surface area contributed by atoms with Gasteiger partial charge < -0.3 is 14.8 Å². The number of ether oxygens (including phenoxy) is 2. The molecule has 1 N–H and O–H groups in total. The Morgan fingerprint density at radius 3 is 2.91 bits per heavy atom. The molecule has 2 aromatic rings. The molecule has 0 bridgehead atoms. The number of aryl methyl sites for hydroxylation is 1. The number of carbonyl (C=O) groups excluding carboxylic acids is 1.